The van der Waals surface area contributed by atoms with Crippen LogP contribution in [-0.2, 0) is 7.05 Å². The number of aromatic nitrogens is 1. The predicted molar refractivity (Wildman–Crippen MR) is 93.3 cm³/mol. The van der Waals surface area contributed by atoms with Gasteiger partial charge in [-0.2, -0.15) is 0 Å². The number of carbonyl (C=O) groups excluding carboxylic acids is 1. The van der Waals surface area contributed by atoms with Gasteiger partial charge in [-0.25, -0.2) is 4.79 Å². The van der Waals surface area contributed by atoms with Crippen molar-refractivity contribution < 1.29 is 9.53 Å². The van der Waals surface area contributed by atoms with E-state index in [0.29, 0.717) is 11.4 Å². The zero-order valence-electron chi connectivity index (χ0n) is 13.4. The smallest absolute Gasteiger partial charge is 0.323 e. The van der Waals surface area contributed by atoms with Gasteiger partial charge in [0.15, 0.2) is 0 Å². The Morgan fingerprint density at radius 3 is 2.61 bits per heavy atom. The molecule has 0 unspecified atom stereocenters. The summed E-state index contributed by atoms with van der Waals surface area (Å²) in [6.45, 7) is 1.97. The quantitative estimate of drug-likeness (QED) is 0.764. The van der Waals surface area contributed by atoms with Gasteiger partial charge < -0.3 is 19.9 Å². The largest absolute Gasteiger partial charge is 0.495 e. The Labute approximate surface area is 134 Å². The highest BCUT2D eigenvalue weighted by Gasteiger charge is 2.11. The number of benzene rings is 2. The average Bonchev–Trinajstić information content (AvgIpc) is 2.84. The number of carbonyl (C=O) groups is 1. The van der Waals surface area contributed by atoms with Crippen LogP contribution < -0.4 is 15.4 Å². The van der Waals surface area contributed by atoms with E-state index in [0.717, 1.165) is 22.2 Å². The van der Waals surface area contributed by atoms with Crippen molar-refractivity contribution in [3.8, 4) is 5.75 Å². The molecule has 2 amide bonds. The number of hydrogen-bond donors (Lipinski definition) is 2. The Morgan fingerprint density at radius 1 is 1.09 bits per heavy atom. The Kier molecular flexibility index (Phi) is 3.93. The third kappa shape index (κ3) is 2.99. The van der Waals surface area contributed by atoms with Crippen molar-refractivity contribution in [3.63, 3.8) is 0 Å². The minimum Gasteiger partial charge on any atom is -0.495 e. The van der Waals surface area contributed by atoms with Crippen molar-refractivity contribution in [1.29, 1.82) is 0 Å². The summed E-state index contributed by atoms with van der Waals surface area (Å²) in [7, 11) is 3.54. The van der Waals surface area contributed by atoms with E-state index in [9.17, 15) is 4.79 Å². The normalized spacial score (nSPS) is 10.6. The second-order valence-corrected chi connectivity index (χ2v) is 5.45. The predicted octanol–water partition coefficient (Wildman–Crippen LogP) is 4.14. The molecule has 5 heteroatoms. The van der Waals surface area contributed by atoms with Crippen LogP contribution in [0.5, 0.6) is 5.75 Å². The van der Waals surface area contributed by atoms with E-state index >= 15 is 0 Å². The maximum atomic E-state index is 12.3. The van der Waals surface area contributed by atoms with Gasteiger partial charge in [-0.3, -0.25) is 0 Å². The lowest BCUT2D eigenvalue weighted by atomic mass is 10.2. The molecule has 0 radical (unpaired) electrons. The van der Waals surface area contributed by atoms with Crippen molar-refractivity contribution in [2.75, 3.05) is 17.7 Å². The van der Waals surface area contributed by atoms with Crippen LogP contribution in [0.4, 0.5) is 16.2 Å². The van der Waals surface area contributed by atoms with Crippen molar-refractivity contribution in [3.05, 3.63) is 54.2 Å². The Hall–Kier alpha value is -2.95. The molecule has 0 spiro atoms. The van der Waals surface area contributed by atoms with Crippen LogP contribution >= 0.6 is 0 Å². The van der Waals surface area contributed by atoms with Crippen molar-refractivity contribution in [1.82, 2.24) is 4.57 Å². The van der Waals surface area contributed by atoms with Crippen LogP contribution in [-0.4, -0.2) is 17.7 Å². The van der Waals surface area contributed by atoms with Gasteiger partial charge in [0.25, 0.3) is 0 Å². The molecule has 0 aliphatic carbocycles. The van der Waals surface area contributed by atoms with E-state index in [1.807, 2.05) is 67.2 Å². The van der Waals surface area contributed by atoms with E-state index in [1.165, 1.54) is 0 Å². The molecule has 1 aromatic heterocycles. The van der Waals surface area contributed by atoms with Gasteiger partial charge in [0.05, 0.1) is 18.5 Å². The van der Waals surface area contributed by atoms with Crippen LogP contribution in [0.3, 0.4) is 0 Å². The van der Waals surface area contributed by atoms with Crippen LogP contribution in [0.2, 0.25) is 0 Å². The van der Waals surface area contributed by atoms with Crippen LogP contribution in [0.25, 0.3) is 10.9 Å². The average molecular weight is 309 g/mol. The van der Waals surface area contributed by atoms with Crippen molar-refractivity contribution in [2.24, 2.45) is 7.05 Å². The highest BCUT2D eigenvalue weighted by molar-refractivity contribution is 6.06. The standard InChI is InChI=1S/C18H19N3O2/c1-12-8-9-17(23-3)14(10-12)19-18(22)20-15-11-21(2)16-7-5-4-6-13(15)16/h4-11H,1-3H3,(H2,19,20,22). The molecule has 0 aliphatic rings. The first kappa shape index (κ1) is 15.0. The van der Waals surface area contributed by atoms with Gasteiger partial charge in [-0.15, -0.1) is 0 Å². The molecule has 5 nitrogen and oxygen atoms in total. The third-order valence-electron chi connectivity index (χ3n) is 3.75. The first-order chi connectivity index (χ1) is 11.1. The fourth-order valence-electron chi connectivity index (χ4n) is 2.64. The van der Waals surface area contributed by atoms with Gasteiger partial charge in [0.1, 0.15) is 5.75 Å². The maximum absolute atomic E-state index is 12.3. The van der Waals surface area contributed by atoms with Crippen LogP contribution in [0.15, 0.2) is 48.7 Å². The van der Waals surface area contributed by atoms with E-state index in [1.54, 1.807) is 7.11 Å². The lowest BCUT2D eigenvalue weighted by molar-refractivity contribution is 0.262. The summed E-state index contributed by atoms with van der Waals surface area (Å²) >= 11 is 0. The molecule has 3 rings (SSSR count). The molecule has 2 N–H and O–H groups in total. The lowest BCUT2D eigenvalue weighted by Crippen LogP contribution is -2.19. The number of para-hydroxylation sites is 1. The number of fused-ring (bicyclic) bond motifs is 1. The van der Waals surface area contributed by atoms with Gasteiger partial charge in [0, 0.05) is 24.1 Å². The van der Waals surface area contributed by atoms with E-state index < -0.39 is 0 Å². The van der Waals surface area contributed by atoms with Crippen molar-refractivity contribution in [2.45, 2.75) is 6.92 Å². The summed E-state index contributed by atoms with van der Waals surface area (Å²) in [4.78, 5) is 12.3. The molecule has 0 saturated carbocycles. The van der Waals surface area contributed by atoms with Crippen LogP contribution in [0, 0.1) is 6.92 Å². The second-order valence-electron chi connectivity index (χ2n) is 5.45. The van der Waals surface area contributed by atoms with Gasteiger partial charge in [0.2, 0.25) is 0 Å². The van der Waals surface area contributed by atoms with Crippen LogP contribution in [0.1, 0.15) is 5.56 Å². The second kappa shape index (κ2) is 6.04. The third-order valence-corrected chi connectivity index (χ3v) is 3.75. The number of nitrogens with zero attached hydrogens (tertiary/aromatic N) is 1. The number of nitrogens with one attached hydrogen (secondary N) is 2. The summed E-state index contributed by atoms with van der Waals surface area (Å²) in [5.41, 5.74) is 3.53. The highest BCUT2D eigenvalue weighted by atomic mass is 16.5. The molecule has 0 atom stereocenters. The molecular weight excluding hydrogens is 290 g/mol. The Morgan fingerprint density at radius 2 is 1.83 bits per heavy atom. The number of hydrogen-bond acceptors (Lipinski definition) is 2. The van der Waals surface area contributed by atoms with E-state index in [2.05, 4.69) is 10.6 Å². The summed E-state index contributed by atoms with van der Waals surface area (Å²) < 4.78 is 7.26. The number of ether oxygens (including phenoxy) is 1. The first-order valence-corrected chi connectivity index (χ1v) is 7.35. The molecule has 2 aromatic carbocycles. The molecule has 118 valence electrons. The van der Waals surface area contributed by atoms with Crippen molar-refractivity contribution >= 4 is 28.3 Å². The molecule has 0 fully saturated rings. The molecule has 0 saturated heterocycles. The number of aryl methyl sites for hydroxylation is 2. The number of urea groups is 1. The monoisotopic (exact) mass is 309 g/mol. The Bertz CT molecular complexity index is 868. The minimum atomic E-state index is -0.301. The summed E-state index contributed by atoms with van der Waals surface area (Å²) in [6.07, 6.45) is 1.90. The Balaban J connectivity index is 1.83. The fraction of sp³-hybridized carbons (Fsp3) is 0.167. The number of rotatable bonds is 3. The SMILES string of the molecule is COc1ccc(C)cc1NC(=O)Nc1cn(C)c2ccccc12. The molecule has 0 aliphatic heterocycles. The van der Waals surface area contributed by atoms with Gasteiger partial charge >= 0.3 is 6.03 Å². The fourth-order valence-corrected chi connectivity index (χ4v) is 2.64. The molecule has 0 bridgehead atoms. The number of anilines is 2. The topological polar surface area (TPSA) is 55.3 Å². The highest BCUT2D eigenvalue weighted by Crippen LogP contribution is 2.27. The zero-order valence-corrected chi connectivity index (χ0v) is 13.4. The van der Waals surface area contributed by atoms with E-state index in [-0.39, 0.29) is 6.03 Å². The minimum absolute atomic E-state index is 0.301. The number of amides is 2. The van der Waals surface area contributed by atoms with Gasteiger partial charge in [-0.1, -0.05) is 24.3 Å². The van der Waals surface area contributed by atoms with Gasteiger partial charge in [-0.05, 0) is 30.7 Å². The summed E-state index contributed by atoms with van der Waals surface area (Å²) in [5, 5.41) is 6.74. The molecule has 3 aromatic rings. The first-order valence-electron chi connectivity index (χ1n) is 7.35. The lowest BCUT2D eigenvalue weighted by Gasteiger charge is -2.11. The summed E-state index contributed by atoms with van der Waals surface area (Å²) in [5.74, 6) is 0.628. The maximum Gasteiger partial charge on any atom is 0.323 e. The summed E-state index contributed by atoms with van der Waals surface area (Å²) in [6, 6.07) is 13.3. The zero-order chi connectivity index (χ0) is 16.4. The van der Waals surface area contributed by atoms with E-state index in [4.69, 9.17) is 4.74 Å². The molecule has 23 heavy (non-hydrogen) atoms. The number of methoxy groups -OCH3 is 1. The molecular formula is C18H19N3O2. The molecule has 1 heterocycles.